The highest BCUT2D eigenvalue weighted by molar-refractivity contribution is 6.31. The molecule has 0 aromatic heterocycles. The van der Waals surface area contributed by atoms with Crippen molar-refractivity contribution in [3.8, 4) is 0 Å². The standard InChI is InChI=1S/C11H11ClNO/c1-8-5-9(3-4-10(8)12)11(2)6-14-7-13-11/h3-5H,6H2,1-2H3. The van der Waals surface area contributed by atoms with Gasteiger partial charge < -0.3 is 4.74 Å². The van der Waals surface area contributed by atoms with Gasteiger partial charge in [0, 0.05) is 5.02 Å². The number of hydrogen-bond donors (Lipinski definition) is 0. The van der Waals surface area contributed by atoms with Crippen molar-refractivity contribution >= 4 is 18.0 Å². The summed E-state index contributed by atoms with van der Waals surface area (Å²) in [7, 11) is 0. The maximum atomic E-state index is 5.96. The Morgan fingerprint density at radius 2 is 2.36 bits per heavy atom. The smallest absolute Gasteiger partial charge is 0.274 e. The molecule has 0 saturated heterocycles. The number of aryl methyl sites for hydroxylation is 1. The van der Waals surface area contributed by atoms with E-state index < -0.39 is 0 Å². The lowest BCUT2D eigenvalue weighted by Crippen LogP contribution is -2.20. The molecule has 0 bridgehead atoms. The number of nitrogens with zero attached hydrogens (tertiary/aromatic N) is 1. The molecule has 1 aromatic rings. The largest absolute Gasteiger partial charge is 0.471 e. The second kappa shape index (κ2) is 3.28. The number of halogens is 1. The molecule has 1 atom stereocenters. The molecule has 2 rings (SSSR count). The minimum absolute atomic E-state index is 0.296. The van der Waals surface area contributed by atoms with Crippen LogP contribution >= 0.6 is 11.6 Å². The average Bonchev–Trinajstić information content (AvgIpc) is 2.58. The predicted octanol–water partition coefficient (Wildman–Crippen LogP) is 2.80. The van der Waals surface area contributed by atoms with E-state index in [1.54, 1.807) is 0 Å². The summed E-state index contributed by atoms with van der Waals surface area (Å²) in [6.45, 7) is 4.56. The van der Waals surface area contributed by atoms with Gasteiger partial charge in [-0.25, -0.2) is 4.99 Å². The normalized spacial score (nSPS) is 25.1. The van der Waals surface area contributed by atoms with Gasteiger partial charge in [0.1, 0.15) is 12.1 Å². The van der Waals surface area contributed by atoms with E-state index >= 15 is 0 Å². The molecule has 0 spiro atoms. The van der Waals surface area contributed by atoms with Gasteiger partial charge in [-0.2, -0.15) is 0 Å². The lowest BCUT2D eigenvalue weighted by Gasteiger charge is -2.19. The molecule has 1 aliphatic heterocycles. The topological polar surface area (TPSA) is 21.6 Å². The Balaban J connectivity index is 2.42. The highest BCUT2D eigenvalue weighted by Gasteiger charge is 2.30. The number of rotatable bonds is 1. The van der Waals surface area contributed by atoms with Crippen LogP contribution in [0.25, 0.3) is 0 Å². The zero-order chi connectivity index (χ0) is 10.2. The quantitative estimate of drug-likeness (QED) is 0.696. The van der Waals surface area contributed by atoms with Crippen LogP contribution in [0.4, 0.5) is 0 Å². The summed E-state index contributed by atoms with van der Waals surface area (Å²) in [6, 6.07) is 5.92. The first-order chi connectivity index (χ1) is 6.62. The van der Waals surface area contributed by atoms with Gasteiger partial charge in [0.2, 0.25) is 0 Å². The SMILES string of the molecule is Cc1cc(C2(C)CO[C]=N2)ccc1Cl. The van der Waals surface area contributed by atoms with E-state index in [1.165, 1.54) is 0 Å². The summed E-state index contributed by atoms with van der Waals surface area (Å²) < 4.78 is 5.03. The van der Waals surface area contributed by atoms with Crippen molar-refractivity contribution in [2.24, 2.45) is 4.99 Å². The van der Waals surface area contributed by atoms with Crippen LogP contribution in [0.15, 0.2) is 23.2 Å². The van der Waals surface area contributed by atoms with Crippen LogP contribution < -0.4 is 0 Å². The third-order valence-electron chi connectivity index (χ3n) is 2.49. The summed E-state index contributed by atoms with van der Waals surface area (Å²) in [5.41, 5.74) is 1.88. The first-order valence-corrected chi connectivity index (χ1v) is 4.85. The zero-order valence-corrected chi connectivity index (χ0v) is 8.93. The van der Waals surface area contributed by atoms with E-state index in [4.69, 9.17) is 16.3 Å². The molecule has 3 heteroatoms. The van der Waals surface area contributed by atoms with Gasteiger partial charge in [0.25, 0.3) is 6.40 Å². The minimum atomic E-state index is -0.296. The van der Waals surface area contributed by atoms with Crippen LogP contribution in [0.2, 0.25) is 5.02 Å². The Kier molecular flexibility index (Phi) is 2.23. The monoisotopic (exact) mass is 208 g/mol. The molecular formula is C11H11ClNO. The second-order valence-electron chi connectivity index (χ2n) is 3.73. The summed E-state index contributed by atoms with van der Waals surface area (Å²) >= 11 is 5.96. The third kappa shape index (κ3) is 1.50. The Hall–Kier alpha value is -1.02. The van der Waals surface area contributed by atoms with Crippen molar-refractivity contribution in [3.05, 3.63) is 34.3 Å². The number of hydrogen-bond acceptors (Lipinski definition) is 2. The van der Waals surface area contributed by atoms with Gasteiger partial charge in [0.15, 0.2) is 0 Å². The summed E-state index contributed by atoms with van der Waals surface area (Å²) in [4.78, 5) is 4.19. The summed E-state index contributed by atoms with van der Waals surface area (Å²) in [5.74, 6) is 0. The first-order valence-electron chi connectivity index (χ1n) is 4.47. The van der Waals surface area contributed by atoms with Crippen LogP contribution in [0.5, 0.6) is 0 Å². The summed E-state index contributed by atoms with van der Waals surface area (Å²) in [6.07, 6.45) is 2.54. The van der Waals surface area contributed by atoms with Gasteiger partial charge in [-0.05, 0) is 31.0 Å². The van der Waals surface area contributed by atoms with Crippen molar-refractivity contribution in [2.75, 3.05) is 6.61 Å². The van der Waals surface area contributed by atoms with Gasteiger partial charge in [-0.3, -0.25) is 0 Å². The Morgan fingerprint density at radius 3 is 2.93 bits per heavy atom. The van der Waals surface area contributed by atoms with Crippen molar-refractivity contribution in [1.82, 2.24) is 0 Å². The second-order valence-corrected chi connectivity index (χ2v) is 4.14. The molecule has 1 heterocycles. The molecule has 1 unspecified atom stereocenters. The molecule has 14 heavy (non-hydrogen) atoms. The van der Waals surface area contributed by atoms with Gasteiger partial charge in [-0.1, -0.05) is 23.7 Å². The highest BCUT2D eigenvalue weighted by Crippen LogP contribution is 2.30. The van der Waals surface area contributed by atoms with Crippen LogP contribution in [-0.4, -0.2) is 13.0 Å². The van der Waals surface area contributed by atoms with E-state index in [0.29, 0.717) is 6.61 Å². The van der Waals surface area contributed by atoms with Crippen LogP contribution in [0.1, 0.15) is 18.1 Å². The molecule has 1 radical (unpaired) electrons. The molecule has 0 amide bonds. The maximum absolute atomic E-state index is 5.96. The Labute approximate surface area is 88.6 Å². The van der Waals surface area contributed by atoms with E-state index in [9.17, 15) is 0 Å². The Bertz CT molecular complexity index is 389. The molecule has 0 N–H and O–H groups in total. The lowest BCUT2D eigenvalue weighted by molar-refractivity contribution is 0.276. The highest BCUT2D eigenvalue weighted by atomic mass is 35.5. The van der Waals surface area contributed by atoms with Crippen LogP contribution in [0, 0.1) is 6.92 Å². The average molecular weight is 209 g/mol. The first kappa shape index (κ1) is 9.53. The van der Waals surface area contributed by atoms with Crippen LogP contribution in [-0.2, 0) is 10.3 Å². The maximum Gasteiger partial charge on any atom is 0.274 e. The van der Waals surface area contributed by atoms with E-state index in [0.717, 1.165) is 16.1 Å². The molecular weight excluding hydrogens is 198 g/mol. The van der Waals surface area contributed by atoms with Crippen LogP contribution in [0.3, 0.4) is 0 Å². The third-order valence-corrected chi connectivity index (χ3v) is 2.91. The molecule has 0 saturated carbocycles. The molecule has 2 nitrogen and oxygen atoms in total. The number of ether oxygens (including phenoxy) is 1. The molecule has 73 valence electrons. The summed E-state index contributed by atoms with van der Waals surface area (Å²) in [5, 5.41) is 0.782. The fraction of sp³-hybridized carbons (Fsp3) is 0.364. The van der Waals surface area contributed by atoms with E-state index in [1.807, 2.05) is 32.0 Å². The van der Waals surface area contributed by atoms with Gasteiger partial charge in [0.05, 0.1) is 0 Å². The van der Waals surface area contributed by atoms with Gasteiger partial charge in [-0.15, -0.1) is 0 Å². The van der Waals surface area contributed by atoms with Gasteiger partial charge >= 0.3 is 0 Å². The van der Waals surface area contributed by atoms with Crippen molar-refractivity contribution in [1.29, 1.82) is 0 Å². The van der Waals surface area contributed by atoms with Crippen molar-refractivity contribution < 1.29 is 4.74 Å². The molecule has 0 aliphatic carbocycles. The van der Waals surface area contributed by atoms with E-state index in [-0.39, 0.29) is 5.54 Å². The fourth-order valence-corrected chi connectivity index (χ4v) is 1.58. The molecule has 1 aromatic carbocycles. The van der Waals surface area contributed by atoms with E-state index in [2.05, 4.69) is 11.4 Å². The van der Waals surface area contributed by atoms with Crippen molar-refractivity contribution in [3.63, 3.8) is 0 Å². The number of aliphatic imine (C=N–C) groups is 1. The van der Waals surface area contributed by atoms with Crippen molar-refractivity contribution in [2.45, 2.75) is 19.4 Å². The Morgan fingerprint density at radius 1 is 1.57 bits per heavy atom. The number of benzene rings is 1. The lowest BCUT2D eigenvalue weighted by atomic mass is 9.93. The minimum Gasteiger partial charge on any atom is -0.471 e. The molecule has 1 aliphatic rings. The molecule has 0 fully saturated rings. The predicted molar refractivity (Wildman–Crippen MR) is 56.9 cm³/mol. The zero-order valence-electron chi connectivity index (χ0n) is 8.17. The fourth-order valence-electron chi connectivity index (χ4n) is 1.47.